The van der Waals surface area contributed by atoms with Gasteiger partial charge in [0.15, 0.2) is 5.13 Å². The summed E-state index contributed by atoms with van der Waals surface area (Å²) in [6.07, 6.45) is 0.841. The van der Waals surface area contributed by atoms with Gasteiger partial charge in [-0.05, 0) is 38.0 Å². The molecule has 2 N–H and O–H groups in total. The smallest absolute Gasteiger partial charge is 0.261 e. The molecule has 1 aromatic heterocycles. The second kappa shape index (κ2) is 5.40. The summed E-state index contributed by atoms with van der Waals surface area (Å²) in [5.41, 5.74) is 2.16. The molecule has 1 amide bonds. The average Bonchev–Trinajstić information content (AvgIpc) is 2.69. The van der Waals surface area contributed by atoms with Crippen LogP contribution in [0, 0.1) is 13.8 Å². The van der Waals surface area contributed by atoms with Crippen molar-refractivity contribution in [2.45, 2.75) is 27.2 Å². The van der Waals surface area contributed by atoms with Crippen LogP contribution < -0.4 is 5.32 Å². The van der Waals surface area contributed by atoms with Crippen LogP contribution >= 0.6 is 11.3 Å². The molecule has 19 heavy (non-hydrogen) atoms. The van der Waals surface area contributed by atoms with Gasteiger partial charge in [-0.3, -0.25) is 10.1 Å². The van der Waals surface area contributed by atoms with E-state index in [0.29, 0.717) is 5.13 Å². The highest BCUT2D eigenvalue weighted by molar-refractivity contribution is 7.15. The van der Waals surface area contributed by atoms with E-state index in [9.17, 15) is 9.90 Å². The summed E-state index contributed by atoms with van der Waals surface area (Å²) in [4.78, 5) is 17.5. The normalized spacial score (nSPS) is 10.5. The Labute approximate surface area is 116 Å². The Kier molecular flexibility index (Phi) is 3.85. The fourth-order valence-electron chi connectivity index (χ4n) is 1.81. The lowest BCUT2D eigenvalue weighted by Gasteiger charge is -2.04. The van der Waals surface area contributed by atoms with Gasteiger partial charge in [-0.25, -0.2) is 4.98 Å². The van der Waals surface area contributed by atoms with Crippen LogP contribution in [0.15, 0.2) is 18.2 Å². The van der Waals surface area contributed by atoms with Gasteiger partial charge in [-0.2, -0.15) is 0 Å². The molecule has 0 aliphatic rings. The molecule has 0 radical (unpaired) electrons. The molecule has 2 rings (SSSR count). The van der Waals surface area contributed by atoms with Crippen molar-refractivity contribution in [1.29, 1.82) is 0 Å². The Bertz CT molecular complexity index is 620. The Morgan fingerprint density at radius 2 is 2.16 bits per heavy atom. The van der Waals surface area contributed by atoms with Crippen molar-refractivity contribution in [3.8, 4) is 5.75 Å². The summed E-state index contributed by atoms with van der Waals surface area (Å²) in [5.74, 6) is -0.351. The first-order valence-corrected chi connectivity index (χ1v) is 6.90. The van der Waals surface area contributed by atoms with Gasteiger partial charge in [0.25, 0.3) is 5.91 Å². The minimum atomic E-state index is -0.339. The van der Waals surface area contributed by atoms with E-state index in [1.54, 1.807) is 18.2 Å². The minimum absolute atomic E-state index is 0.0125. The lowest BCUT2D eigenvalue weighted by Crippen LogP contribution is -2.12. The maximum absolute atomic E-state index is 12.1. The number of nitrogens with one attached hydrogen (secondary N) is 1. The summed E-state index contributed by atoms with van der Waals surface area (Å²) in [6.45, 7) is 5.87. The van der Waals surface area contributed by atoms with Gasteiger partial charge < -0.3 is 5.11 Å². The number of nitrogens with zero attached hydrogens (tertiary/aromatic N) is 1. The SMILES string of the molecule is CCc1nc(NC(=O)c2ccc(C)cc2O)sc1C. The zero-order chi connectivity index (χ0) is 14.0. The van der Waals surface area contributed by atoms with E-state index in [1.807, 2.05) is 20.8 Å². The summed E-state index contributed by atoms with van der Waals surface area (Å²) in [7, 11) is 0. The van der Waals surface area contributed by atoms with Gasteiger partial charge >= 0.3 is 0 Å². The number of hydrogen-bond donors (Lipinski definition) is 2. The number of phenols is 1. The summed E-state index contributed by atoms with van der Waals surface area (Å²) < 4.78 is 0. The number of phenolic OH excluding ortho intramolecular Hbond substituents is 1. The predicted molar refractivity (Wildman–Crippen MR) is 77.0 cm³/mol. The number of amides is 1. The zero-order valence-electron chi connectivity index (χ0n) is 11.2. The van der Waals surface area contributed by atoms with E-state index >= 15 is 0 Å². The molecule has 0 fully saturated rings. The molecule has 0 aliphatic heterocycles. The maximum atomic E-state index is 12.1. The average molecular weight is 276 g/mol. The van der Waals surface area contributed by atoms with Gasteiger partial charge in [-0.15, -0.1) is 11.3 Å². The van der Waals surface area contributed by atoms with Crippen LogP contribution in [0.4, 0.5) is 5.13 Å². The lowest BCUT2D eigenvalue weighted by molar-refractivity contribution is 0.102. The number of benzene rings is 1. The second-order valence-electron chi connectivity index (χ2n) is 4.35. The lowest BCUT2D eigenvalue weighted by atomic mass is 10.1. The first-order valence-electron chi connectivity index (χ1n) is 6.08. The predicted octanol–water partition coefficient (Wildman–Crippen LogP) is 3.28. The number of aryl methyl sites for hydroxylation is 3. The summed E-state index contributed by atoms with van der Waals surface area (Å²) in [6, 6.07) is 4.97. The number of carbonyl (C=O) groups is 1. The third kappa shape index (κ3) is 2.93. The van der Waals surface area contributed by atoms with Crippen molar-refractivity contribution in [3.63, 3.8) is 0 Å². The molecular formula is C14H16N2O2S. The van der Waals surface area contributed by atoms with Crippen LogP contribution in [0.1, 0.15) is 33.4 Å². The van der Waals surface area contributed by atoms with Crippen LogP contribution in [0.2, 0.25) is 0 Å². The molecule has 100 valence electrons. The molecular weight excluding hydrogens is 260 g/mol. The fourth-order valence-corrected chi connectivity index (χ4v) is 2.71. The van der Waals surface area contributed by atoms with Gasteiger partial charge in [0.1, 0.15) is 5.75 Å². The quantitative estimate of drug-likeness (QED) is 0.904. The largest absolute Gasteiger partial charge is 0.507 e. The number of aromatic hydroxyl groups is 1. The molecule has 5 heteroatoms. The van der Waals surface area contributed by atoms with Crippen LogP contribution in [-0.4, -0.2) is 16.0 Å². The molecule has 0 saturated carbocycles. The standard InChI is InChI=1S/C14H16N2O2S/c1-4-11-9(3)19-14(15-11)16-13(18)10-6-5-8(2)7-12(10)17/h5-7,17H,4H2,1-3H3,(H,15,16,18). The van der Waals surface area contributed by atoms with E-state index < -0.39 is 0 Å². The third-order valence-corrected chi connectivity index (χ3v) is 3.77. The minimum Gasteiger partial charge on any atom is -0.507 e. The zero-order valence-corrected chi connectivity index (χ0v) is 12.0. The van der Waals surface area contributed by atoms with Crippen LogP contribution in [-0.2, 0) is 6.42 Å². The van der Waals surface area contributed by atoms with Crippen molar-refractivity contribution in [1.82, 2.24) is 4.98 Å². The highest BCUT2D eigenvalue weighted by Gasteiger charge is 2.14. The van der Waals surface area contributed by atoms with Crippen LogP contribution in [0.3, 0.4) is 0 Å². The van der Waals surface area contributed by atoms with E-state index in [1.165, 1.54) is 11.3 Å². The van der Waals surface area contributed by atoms with Crippen molar-refractivity contribution in [2.24, 2.45) is 0 Å². The number of carbonyl (C=O) groups excluding carboxylic acids is 1. The molecule has 1 aromatic carbocycles. The molecule has 0 aliphatic carbocycles. The fraction of sp³-hybridized carbons (Fsp3) is 0.286. The number of anilines is 1. The number of thiazole rings is 1. The molecule has 0 saturated heterocycles. The van der Waals surface area contributed by atoms with E-state index in [0.717, 1.165) is 22.6 Å². The molecule has 0 unspecified atom stereocenters. The van der Waals surface area contributed by atoms with E-state index in [4.69, 9.17) is 0 Å². The number of aromatic nitrogens is 1. The van der Waals surface area contributed by atoms with Crippen LogP contribution in [0.25, 0.3) is 0 Å². The Hall–Kier alpha value is -1.88. The van der Waals surface area contributed by atoms with E-state index in [2.05, 4.69) is 10.3 Å². The van der Waals surface area contributed by atoms with Gasteiger partial charge in [0.2, 0.25) is 0 Å². The summed E-state index contributed by atoms with van der Waals surface area (Å²) >= 11 is 1.45. The molecule has 0 atom stereocenters. The molecule has 1 heterocycles. The van der Waals surface area contributed by atoms with Crippen molar-refractivity contribution in [3.05, 3.63) is 39.9 Å². The van der Waals surface area contributed by atoms with Gasteiger partial charge in [0.05, 0.1) is 11.3 Å². The molecule has 0 spiro atoms. The topological polar surface area (TPSA) is 62.2 Å². The number of hydrogen-bond acceptors (Lipinski definition) is 4. The Morgan fingerprint density at radius 3 is 2.74 bits per heavy atom. The van der Waals surface area contributed by atoms with Crippen molar-refractivity contribution >= 4 is 22.4 Å². The highest BCUT2D eigenvalue weighted by Crippen LogP contribution is 2.24. The van der Waals surface area contributed by atoms with Crippen molar-refractivity contribution < 1.29 is 9.90 Å². The van der Waals surface area contributed by atoms with Gasteiger partial charge in [0, 0.05) is 4.88 Å². The maximum Gasteiger partial charge on any atom is 0.261 e. The van der Waals surface area contributed by atoms with Crippen LogP contribution in [0.5, 0.6) is 5.75 Å². The molecule has 0 bridgehead atoms. The monoisotopic (exact) mass is 276 g/mol. The third-order valence-electron chi connectivity index (χ3n) is 2.85. The van der Waals surface area contributed by atoms with Crippen molar-refractivity contribution in [2.75, 3.05) is 5.32 Å². The highest BCUT2D eigenvalue weighted by atomic mass is 32.1. The van der Waals surface area contributed by atoms with Gasteiger partial charge in [-0.1, -0.05) is 13.0 Å². The molecule has 4 nitrogen and oxygen atoms in total. The molecule has 2 aromatic rings. The Balaban J connectivity index is 2.20. The Morgan fingerprint density at radius 1 is 1.42 bits per heavy atom. The number of rotatable bonds is 3. The first kappa shape index (κ1) is 13.5. The second-order valence-corrected chi connectivity index (χ2v) is 5.55. The summed E-state index contributed by atoms with van der Waals surface area (Å²) in [5, 5.41) is 13.1. The first-order chi connectivity index (χ1) is 9.01. The van der Waals surface area contributed by atoms with E-state index in [-0.39, 0.29) is 17.2 Å².